The molecule has 4 nitrogen and oxygen atoms in total. The Morgan fingerprint density at radius 2 is 2.41 bits per heavy atom. The first-order chi connectivity index (χ1) is 8.09. The second kappa shape index (κ2) is 4.98. The number of nitrogens with two attached hydrogens (primary N) is 1. The Labute approximate surface area is 106 Å². The number of thiocarbonyl (C=S) groups is 1. The number of nitrogens with zero attached hydrogens (tertiary/aromatic N) is 2. The maximum atomic E-state index is 9.73. The lowest BCUT2D eigenvalue weighted by Crippen LogP contribution is -2.42. The molecule has 2 atom stereocenters. The fourth-order valence-electron chi connectivity index (χ4n) is 2.19. The van der Waals surface area contributed by atoms with E-state index in [2.05, 4.69) is 9.88 Å². The van der Waals surface area contributed by atoms with Gasteiger partial charge < -0.3 is 15.7 Å². The van der Waals surface area contributed by atoms with Crippen molar-refractivity contribution >= 4 is 22.9 Å². The zero-order valence-electron chi connectivity index (χ0n) is 9.84. The lowest BCUT2D eigenvalue weighted by atomic mass is 9.96. The Hall–Kier alpha value is -1.20. The van der Waals surface area contributed by atoms with E-state index in [0.717, 1.165) is 25.2 Å². The Morgan fingerprint density at radius 1 is 1.65 bits per heavy atom. The molecular weight excluding hydrogens is 234 g/mol. The second-order valence-electron chi connectivity index (χ2n) is 4.51. The molecule has 2 rings (SSSR count). The number of piperidine rings is 1. The largest absolute Gasteiger partial charge is 0.393 e. The molecule has 0 aliphatic carbocycles. The molecule has 0 radical (unpaired) electrons. The van der Waals surface area contributed by atoms with Crippen LogP contribution in [0.4, 0.5) is 5.69 Å². The van der Waals surface area contributed by atoms with Crippen LogP contribution in [-0.2, 0) is 0 Å². The van der Waals surface area contributed by atoms with Crippen molar-refractivity contribution in [3.05, 3.63) is 24.0 Å². The molecule has 3 N–H and O–H groups in total. The monoisotopic (exact) mass is 251 g/mol. The molecule has 17 heavy (non-hydrogen) atoms. The Kier molecular flexibility index (Phi) is 3.59. The highest BCUT2D eigenvalue weighted by atomic mass is 32.1. The van der Waals surface area contributed by atoms with Crippen LogP contribution in [0.5, 0.6) is 0 Å². The molecule has 0 bridgehead atoms. The third-order valence-corrected chi connectivity index (χ3v) is 3.41. The van der Waals surface area contributed by atoms with Gasteiger partial charge in [0.05, 0.1) is 11.8 Å². The number of aromatic nitrogens is 1. The quantitative estimate of drug-likeness (QED) is 0.765. The molecule has 0 saturated carbocycles. The molecule has 1 aromatic heterocycles. The van der Waals surface area contributed by atoms with E-state index in [9.17, 15) is 5.11 Å². The van der Waals surface area contributed by atoms with Gasteiger partial charge in [-0.2, -0.15) is 0 Å². The summed E-state index contributed by atoms with van der Waals surface area (Å²) < 4.78 is 0. The molecule has 0 amide bonds. The topological polar surface area (TPSA) is 62.4 Å². The lowest BCUT2D eigenvalue weighted by Gasteiger charge is -2.36. The van der Waals surface area contributed by atoms with Crippen LogP contribution in [0.2, 0.25) is 0 Å². The van der Waals surface area contributed by atoms with Crippen molar-refractivity contribution < 1.29 is 5.11 Å². The molecule has 1 fully saturated rings. The summed E-state index contributed by atoms with van der Waals surface area (Å²) in [6.45, 7) is 3.67. The van der Waals surface area contributed by atoms with Crippen LogP contribution in [0, 0.1) is 5.92 Å². The molecule has 92 valence electrons. The van der Waals surface area contributed by atoms with Crippen LogP contribution in [0.15, 0.2) is 18.3 Å². The number of anilines is 1. The van der Waals surface area contributed by atoms with Crippen molar-refractivity contribution in [2.75, 3.05) is 18.0 Å². The number of aliphatic hydroxyl groups is 1. The van der Waals surface area contributed by atoms with E-state index < -0.39 is 0 Å². The SMILES string of the molecule is CC1CN(c2cccnc2C(N)=S)CCC1O. The third kappa shape index (κ3) is 2.56. The van der Waals surface area contributed by atoms with Gasteiger partial charge in [0.2, 0.25) is 0 Å². The summed E-state index contributed by atoms with van der Waals surface area (Å²) in [5.74, 6) is 0.253. The van der Waals surface area contributed by atoms with E-state index >= 15 is 0 Å². The van der Waals surface area contributed by atoms with Crippen molar-refractivity contribution in [2.45, 2.75) is 19.4 Å². The number of pyridine rings is 1. The molecule has 1 aromatic rings. The van der Waals surface area contributed by atoms with Crippen molar-refractivity contribution in [1.82, 2.24) is 4.98 Å². The van der Waals surface area contributed by atoms with Crippen molar-refractivity contribution in [3.8, 4) is 0 Å². The second-order valence-corrected chi connectivity index (χ2v) is 4.95. The minimum atomic E-state index is -0.212. The van der Waals surface area contributed by atoms with Gasteiger partial charge in [-0.05, 0) is 24.5 Å². The first kappa shape index (κ1) is 12.3. The number of hydrogen-bond acceptors (Lipinski definition) is 4. The van der Waals surface area contributed by atoms with Crippen molar-refractivity contribution in [3.63, 3.8) is 0 Å². The minimum absolute atomic E-state index is 0.212. The maximum absolute atomic E-state index is 9.73. The van der Waals surface area contributed by atoms with E-state index in [-0.39, 0.29) is 12.0 Å². The van der Waals surface area contributed by atoms with Gasteiger partial charge in [0.25, 0.3) is 0 Å². The average molecular weight is 251 g/mol. The molecule has 1 aliphatic heterocycles. The van der Waals surface area contributed by atoms with E-state index in [1.807, 2.05) is 19.1 Å². The first-order valence-electron chi connectivity index (χ1n) is 5.77. The van der Waals surface area contributed by atoms with Gasteiger partial charge in [-0.1, -0.05) is 19.1 Å². The standard InChI is InChI=1S/C12H17N3OS/c1-8-7-15(6-4-10(8)16)9-3-2-5-14-11(9)12(13)17/h2-3,5,8,10,16H,4,6-7H2,1H3,(H2,13,17). The summed E-state index contributed by atoms with van der Waals surface area (Å²) in [5.41, 5.74) is 7.32. The Morgan fingerprint density at radius 3 is 3.06 bits per heavy atom. The highest BCUT2D eigenvalue weighted by Gasteiger charge is 2.26. The molecule has 1 aliphatic rings. The predicted octanol–water partition coefficient (Wildman–Crippen LogP) is 0.923. The normalized spacial score (nSPS) is 24.7. The lowest BCUT2D eigenvalue weighted by molar-refractivity contribution is 0.0971. The molecule has 0 aromatic carbocycles. The molecule has 5 heteroatoms. The summed E-state index contributed by atoms with van der Waals surface area (Å²) in [6, 6.07) is 3.86. The number of hydrogen-bond donors (Lipinski definition) is 2. The van der Waals surface area contributed by atoms with Gasteiger partial charge in [-0.3, -0.25) is 4.98 Å². The summed E-state index contributed by atoms with van der Waals surface area (Å²) >= 11 is 5.01. The van der Waals surface area contributed by atoms with E-state index in [4.69, 9.17) is 18.0 Å². The highest BCUT2D eigenvalue weighted by Crippen LogP contribution is 2.25. The average Bonchev–Trinajstić information content (AvgIpc) is 2.32. The van der Waals surface area contributed by atoms with Crippen LogP contribution >= 0.6 is 12.2 Å². The molecule has 2 heterocycles. The molecule has 1 saturated heterocycles. The van der Waals surface area contributed by atoms with Crippen LogP contribution in [0.3, 0.4) is 0 Å². The van der Waals surface area contributed by atoms with Crippen LogP contribution < -0.4 is 10.6 Å². The fourth-order valence-corrected chi connectivity index (χ4v) is 2.35. The molecule has 2 unspecified atom stereocenters. The summed E-state index contributed by atoms with van der Waals surface area (Å²) in [5, 5.41) is 9.73. The van der Waals surface area contributed by atoms with Crippen LogP contribution in [0.25, 0.3) is 0 Å². The third-order valence-electron chi connectivity index (χ3n) is 3.22. The maximum Gasteiger partial charge on any atom is 0.124 e. The van der Waals surface area contributed by atoms with Gasteiger partial charge in [-0.25, -0.2) is 0 Å². The summed E-state index contributed by atoms with van der Waals surface area (Å²) in [7, 11) is 0. The van der Waals surface area contributed by atoms with Crippen molar-refractivity contribution in [1.29, 1.82) is 0 Å². The van der Waals surface area contributed by atoms with Gasteiger partial charge in [-0.15, -0.1) is 0 Å². The zero-order valence-corrected chi connectivity index (χ0v) is 10.7. The van der Waals surface area contributed by atoms with Gasteiger partial charge in [0.1, 0.15) is 10.7 Å². The van der Waals surface area contributed by atoms with Crippen molar-refractivity contribution in [2.24, 2.45) is 11.7 Å². The van der Waals surface area contributed by atoms with Gasteiger partial charge in [0, 0.05) is 19.3 Å². The van der Waals surface area contributed by atoms with Crippen LogP contribution in [-0.4, -0.2) is 34.3 Å². The number of aliphatic hydroxyl groups excluding tert-OH is 1. The van der Waals surface area contributed by atoms with E-state index in [1.54, 1.807) is 6.20 Å². The van der Waals surface area contributed by atoms with Crippen LogP contribution in [0.1, 0.15) is 19.0 Å². The van der Waals surface area contributed by atoms with Gasteiger partial charge in [0.15, 0.2) is 0 Å². The highest BCUT2D eigenvalue weighted by molar-refractivity contribution is 7.80. The first-order valence-corrected chi connectivity index (χ1v) is 6.18. The summed E-state index contributed by atoms with van der Waals surface area (Å²) in [4.78, 5) is 6.74. The minimum Gasteiger partial charge on any atom is -0.393 e. The van der Waals surface area contributed by atoms with Gasteiger partial charge >= 0.3 is 0 Å². The smallest absolute Gasteiger partial charge is 0.124 e. The molecular formula is C12H17N3OS. The van der Waals surface area contributed by atoms with E-state index in [0.29, 0.717) is 10.7 Å². The molecule has 0 spiro atoms. The summed E-state index contributed by atoms with van der Waals surface area (Å²) in [6.07, 6.45) is 2.25. The zero-order chi connectivity index (χ0) is 12.4. The fraction of sp³-hybridized carbons (Fsp3) is 0.500. The Bertz CT molecular complexity index is 424. The van der Waals surface area contributed by atoms with E-state index in [1.165, 1.54) is 0 Å². The Balaban J connectivity index is 2.25. The predicted molar refractivity (Wildman–Crippen MR) is 72.1 cm³/mol. The number of rotatable bonds is 2.